The van der Waals surface area contributed by atoms with Crippen LogP contribution < -0.4 is 0 Å². The maximum atomic E-state index is 11.1. The summed E-state index contributed by atoms with van der Waals surface area (Å²) in [5.74, 6) is 0.446. The number of imide groups is 1. The molecule has 74 valence electrons. The molecule has 0 saturated heterocycles. The fourth-order valence-corrected chi connectivity index (χ4v) is 2.35. The van der Waals surface area contributed by atoms with E-state index in [4.69, 9.17) is 0 Å². The van der Waals surface area contributed by atoms with E-state index in [0.717, 1.165) is 12.2 Å². The molecule has 3 nitrogen and oxygen atoms in total. The summed E-state index contributed by atoms with van der Waals surface area (Å²) in [6.45, 7) is 0.521. The number of nitrogens with zero attached hydrogens (tertiary/aromatic N) is 1. The van der Waals surface area contributed by atoms with Crippen LogP contribution in [0.5, 0.6) is 0 Å². The molecule has 0 aromatic carbocycles. The van der Waals surface area contributed by atoms with E-state index >= 15 is 0 Å². The summed E-state index contributed by atoms with van der Waals surface area (Å²) in [5, 5.41) is 0. The molecule has 0 N–H and O–H groups in total. The standard InChI is InChI=1S/C10H11NO2S/c12-9-4-5-10(13)11(9)6-7-14-8-2-1-3-8/h2,4-5H,1,3,6-7H2. The zero-order chi connectivity index (χ0) is 9.97. The molecule has 0 atom stereocenters. The summed E-state index contributed by atoms with van der Waals surface area (Å²) < 4.78 is 0. The van der Waals surface area contributed by atoms with E-state index in [-0.39, 0.29) is 11.8 Å². The van der Waals surface area contributed by atoms with Crippen molar-refractivity contribution in [2.75, 3.05) is 12.3 Å². The first-order valence-electron chi connectivity index (χ1n) is 4.63. The van der Waals surface area contributed by atoms with Crippen LogP contribution in [0.1, 0.15) is 12.8 Å². The van der Waals surface area contributed by atoms with Gasteiger partial charge in [-0.05, 0) is 17.7 Å². The minimum atomic E-state index is -0.182. The van der Waals surface area contributed by atoms with Gasteiger partial charge in [0.25, 0.3) is 11.8 Å². The van der Waals surface area contributed by atoms with Crippen LogP contribution in [0.4, 0.5) is 0 Å². The first-order valence-corrected chi connectivity index (χ1v) is 5.61. The lowest BCUT2D eigenvalue weighted by molar-refractivity contribution is -0.136. The van der Waals surface area contributed by atoms with Crippen LogP contribution in [-0.4, -0.2) is 29.0 Å². The number of carbonyl (C=O) groups is 2. The zero-order valence-corrected chi connectivity index (χ0v) is 8.55. The molecule has 0 spiro atoms. The Labute approximate surface area is 86.8 Å². The van der Waals surface area contributed by atoms with Gasteiger partial charge >= 0.3 is 0 Å². The molecular formula is C10H11NO2S. The van der Waals surface area contributed by atoms with Gasteiger partial charge in [0.15, 0.2) is 0 Å². The van der Waals surface area contributed by atoms with E-state index in [2.05, 4.69) is 6.08 Å². The summed E-state index contributed by atoms with van der Waals surface area (Å²) in [6, 6.07) is 0. The second kappa shape index (κ2) is 4.00. The van der Waals surface area contributed by atoms with Gasteiger partial charge < -0.3 is 0 Å². The van der Waals surface area contributed by atoms with Crippen molar-refractivity contribution in [3.8, 4) is 0 Å². The number of thioether (sulfide) groups is 1. The van der Waals surface area contributed by atoms with Crippen LogP contribution >= 0.6 is 11.8 Å². The highest BCUT2D eigenvalue weighted by molar-refractivity contribution is 8.03. The Morgan fingerprint density at radius 3 is 2.43 bits per heavy atom. The molecule has 0 aromatic heterocycles. The fraction of sp³-hybridized carbons (Fsp3) is 0.400. The normalized spacial score (nSPS) is 20.0. The molecular weight excluding hydrogens is 198 g/mol. The van der Waals surface area contributed by atoms with Crippen LogP contribution in [0.2, 0.25) is 0 Å². The molecule has 14 heavy (non-hydrogen) atoms. The van der Waals surface area contributed by atoms with Crippen molar-refractivity contribution in [3.05, 3.63) is 23.1 Å². The van der Waals surface area contributed by atoms with Crippen molar-refractivity contribution < 1.29 is 9.59 Å². The van der Waals surface area contributed by atoms with E-state index in [9.17, 15) is 9.59 Å². The van der Waals surface area contributed by atoms with Crippen molar-refractivity contribution in [1.82, 2.24) is 4.90 Å². The average molecular weight is 209 g/mol. The van der Waals surface area contributed by atoms with Crippen LogP contribution in [0, 0.1) is 0 Å². The van der Waals surface area contributed by atoms with E-state index < -0.39 is 0 Å². The predicted molar refractivity (Wildman–Crippen MR) is 55.6 cm³/mol. The lowest BCUT2D eigenvalue weighted by Crippen LogP contribution is -2.32. The number of amides is 2. The van der Waals surface area contributed by atoms with Gasteiger partial charge in [0.05, 0.1) is 0 Å². The predicted octanol–water partition coefficient (Wildman–Crippen LogP) is 1.32. The number of rotatable bonds is 4. The Morgan fingerprint density at radius 1 is 1.29 bits per heavy atom. The summed E-state index contributed by atoms with van der Waals surface area (Å²) in [5.41, 5.74) is 0. The van der Waals surface area contributed by atoms with Crippen molar-refractivity contribution >= 4 is 23.6 Å². The van der Waals surface area contributed by atoms with E-state index in [0.29, 0.717) is 6.54 Å². The average Bonchev–Trinajstić information content (AvgIpc) is 2.39. The molecule has 2 aliphatic rings. The first kappa shape index (κ1) is 9.52. The summed E-state index contributed by atoms with van der Waals surface area (Å²) in [7, 11) is 0. The fourth-order valence-electron chi connectivity index (χ4n) is 1.31. The number of hydrogen-bond acceptors (Lipinski definition) is 3. The summed E-state index contributed by atoms with van der Waals surface area (Å²) >= 11 is 1.74. The Bertz CT molecular complexity index is 315. The van der Waals surface area contributed by atoms with Crippen molar-refractivity contribution in [2.45, 2.75) is 12.8 Å². The number of allylic oxidation sites excluding steroid dienone is 2. The van der Waals surface area contributed by atoms with Crippen molar-refractivity contribution in [3.63, 3.8) is 0 Å². The highest BCUT2D eigenvalue weighted by Crippen LogP contribution is 2.29. The summed E-state index contributed by atoms with van der Waals surface area (Å²) in [4.78, 5) is 24.9. The van der Waals surface area contributed by atoms with Gasteiger partial charge in [-0.25, -0.2) is 0 Å². The van der Waals surface area contributed by atoms with Gasteiger partial charge in [0.2, 0.25) is 0 Å². The third-order valence-corrected chi connectivity index (χ3v) is 3.39. The quantitative estimate of drug-likeness (QED) is 0.655. The monoisotopic (exact) mass is 209 g/mol. The molecule has 2 rings (SSSR count). The Kier molecular flexibility index (Phi) is 2.72. The third kappa shape index (κ3) is 1.90. The molecule has 1 aliphatic carbocycles. The van der Waals surface area contributed by atoms with Gasteiger partial charge in [0.1, 0.15) is 0 Å². The Hall–Kier alpha value is -1.03. The largest absolute Gasteiger partial charge is 0.275 e. The molecule has 0 saturated carbocycles. The van der Waals surface area contributed by atoms with Gasteiger partial charge in [-0.1, -0.05) is 6.08 Å². The minimum Gasteiger partial charge on any atom is -0.275 e. The van der Waals surface area contributed by atoms with Gasteiger partial charge in [0, 0.05) is 24.4 Å². The topological polar surface area (TPSA) is 37.4 Å². The van der Waals surface area contributed by atoms with Crippen LogP contribution in [-0.2, 0) is 9.59 Å². The minimum absolute atomic E-state index is 0.182. The summed E-state index contributed by atoms with van der Waals surface area (Å²) in [6.07, 6.45) is 7.18. The van der Waals surface area contributed by atoms with Crippen LogP contribution in [0.3, 0.4) is 0 Å². The molecule has 0 fully saturated rings. The molecule has 0 unspecified atom stereocenters. The van der Waals surface area contributed by atoms with Crippen LogP contribution in [0.25, 0.3) is 0 Å². The lowest BCUT2D eigenvalue weighted by Gasteiger charge is -2.16. The highest BCUT2D eigenvalue weighted by atomic mass is 32.2. The third-order valence-electron chi connectivity index (χ3n) is 2.27. The maximum Gasteiger partial charge on any atom is 0.253 e. The number of carbonyl (C=O) groups excluding carboxylic acids is 2. The van der Waals surface area contributed by atoms with E-state index in [1.54, 1.807) is 11.8 Å². The van der Waals surface area contributed by atoms with Gasteiger partial charge in [-0.3, -0.25) is 14.5 Å². The maximum absolute atomic E-state index is 11.1. The second-order valence-corrected chi connectivity index (χ2v) is 4.44. The van der Waals surface area contributed by atoms with E-state index in [1.165, 1.54) is 28.4 Å². The Morgan fingerprint density at radius 2 is 1.93 bits per heavy atom. The molecule has 4 heteroatoms. The molecule has 1 aliphatic heterocycles. The molecule has 0 aromatic rings. The second-order valence-electron chi connectivity index (χ2n) is 3.22. The molecule has 0 radical (unpaired) electrons. The smallest absolute Gasteiger partial charge is 0.253 e. The zero-order valence-electron chi connectivity index (χ0n) is 7.73. The van der Waals surface area contributed by atoms with Gasteiger partial charge in [-0.15, -0.1) is 11.8 Å². The highest BCUT2D eigenvalue weighted by Gasteiger charge is 2.22. The SMILES string of the molecule is O=C1C=CC(=O)N1CCSC1=CCC1. The van der Waals surface area contributed by atoms with Gasteiger partial charge in [-0.2, -0.15) is 0 Å². The lowest BCUT2D eigenvalue weighted by atomic mass is 10.1. The van der Waals surface area contributed by atoms with Crippen molar-refractivity contribution in [1.29, 1.82) is 0 Å². The number of hydrogen-bond donors (Lipinski definition) is 0. The molecule has 0 bridgehead atoms. The first-order chi connectivity index (χ1) is 6.77. The Balaban J connectivity index is 1.75. The van der Waals surface area contributed by atoms with Crippen LogP contribution in [0.15, 0.2) is 23.1 Å². The van der Waals surface area contributed by atoms with Crippen molar-refractivity contribution in [2.24, 2.45) is 0 Å². The van der Waals surface area contributed by atoms with E-state index in [1.807, 2.05) is 0 Å². The molecule has 2 amide bonds. The molecule has 1 heterocycles.